The number of rotatable bonds is 6. The van der Waals surface area contributed by atoms with E-state index in [1.807, 2.05) is 12.4 Å². The van der Waals surface area contributed by atoms with Gasteiger partial charge in [0, 0.05) is 28.3 Å². The van der Waals surface area contributed by atoms with Crippen molar-refractivity contribution in [3.05, 3.63) is 33.2 Å². The lowest BCUT2D eigenvalue weighted by Gasteiger charge is -2.08. The molecule has 0 aromatic carbocycles. The van der Waals surface area contributed by atoms with E-state index in [2.05, 4.69) is 49.2 Å². The summed E-state index contributed by atoms with van der Waals surface area (Å²) >= 11 is 5.28. The second kappa shape index (κ2) is 6.21. The Labute approximate surface area is 114 Å². The van der Waals surface area contributed by atoms with E-state index < -0.39 is 0 Å². The molecule has 0 bridgehead atoms. The minimum Gasteiger partial charge on any atom is -0.351 e. The standard InChI is InChI=1S/C12H16BrN3S/c1-2-3-6-16-7-5-14-12(16)15-9-11-10(13)4-8-17-11/h4-5,7-8H,2-3,6,9H2,1H3,(H,14,15). The molecule has 2 aromatic rings. The number of aromatic nitrogens is 2. The average molecular weight is 314 g/mol. The van der Waals surface area contributed by atoms with Crippen LogP contribution in [0.2, 0.25) is 0 Å². The van der Waals surface area contributed by atoms with Gasteiger partial charge in [0.1, 0.15) is 0 Å². The van der Waals surface area contributed by atoms with Crippen molar-refractivity contribution in [2.75, 3.05) is 5.32 Å². The van der Waals surface area contributed by atoms with Crippen LogP contribution in [-0.2, 0) is 13.1 Å². The minimum atomic E-state index is 0.821. The Bertz CT molecular complexity index is 464. The van der Waals surface area contributed by atoms with Gasteiger partial charge < -0.3 is 9.88 Å². The van der Waals surface area contributed by atoms with Crippen LogP contribution in [0.1, 0.15) is 24.6 Å². The molecule has 92 valence electrons. The highest BCUT2D eigenvalue weighted by Gasteiger charge is 2.04. The zero-order valence-corrected chi connectivity index (χ0v) is 12.2. The summed E-state index contributed by atoms with van der Waals surface area (Å²) in [4.78, 5) is 5.64. The third kappa shape index (κ3) is 3.33. The molecule has 0 aliphatic carbocycles. The van der Waals surface area contributed by atoms with Crippen molar-refractivity contribution < 1.29 is 0 Å². The summed E-state index contributed by atoms with van der Waals surface area (Å²) in [6, 6.07) is 2.07. The van der Waals surface area contributed by atoms with Gasteiger partial charge in [-0.1, -0.05) is 13.3 Å². The Hall–Kier alpha value is -0.810. The summed E-state index contributed by atoms with van der Waals surface area (Å²) in [5.41, 5.74) is 0. The van der Waals surface area contributed by atoms with Crippen molar-refractivity contribution in [1.29, 1.82) is 0 Å². The van der Waals surface area contributed by atoms with Crippen LogP contribution in [0.15, 0.2) is 28.3 Å². The van der Waals surface area contributed by atoms with Crippen LogP contribution in [0.25, 0.3) is 0 Å². The van der Waals surface area contributed by atoms with E-state index in [9.17, 15) is 0 Å². The Morgan fingerprint density at radius 3 is 3.12 bits per heavy atom. The molecular weight excluding hydrogens is 298 g/mol. The molecule has 2 heterocycles. The fourth-order valence-corrected chi connectivity index (χ4v) is 3.03. The Balaban J connectivity index is 1.95. The van der Waals surface area contributed by atoms with Crippen LogP contribution in [0.4, 0.5) is 5.95 Å². The van der Waals surface area contributed by atoms with Gasteiger partial charge in [0.15, 0.2) is 0 Å². The molecular formula is C12H16BrN3S. The normalized spacial score (nSPS) is 10.7. The van der Waals surface area contributed by atoms with Crippen LogP contribution in [-0.4, -0.2) is 9.55 Å². The van der Waals surface area contributed by atoms with Crippen LogP contribution >= 0.6 is 27.3 Å². The van der Waals surface area contributed by atoms with E-state index in [1.54, 1.807) is 11.3 Å². The van der Waals surface area contributed by atoms with Gasteiger partial charge >= 0.3 is 0 Å². The van der Waals surface area contributed by atoms with E-state index in [0.717, 1.165) is 19.0 Å². The summed E-state index contributed by atoms with van der Waals surface area (Å²) in [7, 11) is 0. The third-order valence-corrected chi connectivity index (χ3v) is 4.49. The molecule has 0 unspecified atom stereocenters. The first-order valence-corrected chi connectivity index (χ1v) is 7.45. The van der Waals surface area contributed by atoms with Crippen molar-refractivity contribution >= 4 is 33.2 Å². The fraction of sp³-hybridized carbons (Fsp3) is 0.417. The SMILES string of the molecule is CCCCn1ccnc1NCc1sccc1Br. The maximum Gasteiger partial charge on any atom is 0.203 e. The van der Waals surface area contributed by atoms with Gasteiger partial charge in [0.2, 0.25) is 5.95 Å². The number of aryl methyl sites for hydroxylation is 1. The number of nitrogens with zero attached hydrogens (tertiary/aromatic N) is 2. The first-order valence-electron chi connectivity index (χ1n) is 5.78. The predicted molar refractivity (Wildman–Crippen MR) is 76.5 cm³/mol. The number of unbranched alkanes of at least 4 members (excludes halogenated alkanes) is 1. The van der Waals surface area contributed by atoms with E-state index in [1.165, 1.54) is 22.2 Å². The Morgan fingerprint density at radius 1 is 1.53 bits per heavy atom. The summed E-state index contributed by atoms with van der Waals surface area (Å²) in [5.74, 6) is 0.957. The molecule has 0 radical (unpaired) electrons. The lowest BCUT2D eigenvalue weighted by atomic mass is 10.3. The molecule has 0 aliphatic heterocycles. The van der Waals surface area contributed by atoms with Crippen LogP contribution in [0, 0.1) is 0 Å². The molecule has 17 heavy (non-hydrogen) atoms. The summed E-state index contributed by atoms with van der Waals surface area (Å²) in [6.07, 6.45) is 6.27. The zero-order chi connectivity index (χ0) is 12.1. The second-order valence-electron chi connectivity index (χ2n) is 3.84. The van der Waals surface area contributed by atoms with Crippen molar-refractivity contribution in [3.63, 3.8) is 0 Å². The highest BCUT2D eigenvalue weighted by molar-refractivity contribution is 9.10. The van der Waals surface area contributed by atoms with E-state index in [0.29, 0.717) is 0 Å². The second-order valence-corrected chi connectivity index (χ2v) is 5.70. The smallest absolute Gasteiger partial charge is 0.203 e. The fourth-order valence-electron chi connectivity index (χ4n) is 1.60. The average Bonchev–Trinajstić information content (AvgIpc) is 2.93. The number of imidazole rings is 1. The molecule has 1 N–H and O–H groups in total. The lowest BCUT2D eigenvalue weighted by molar-refractivity contribution is 0.635. The molecule has 0 fully saturated rings. The van der Waals surface area contributed by atoms with Gasteiger partial charge in [-0.25, -0.2) is 4.98 Å². The largest absolute Gasteiger partial charge is 0.351 e. The van der Waals surface area contributed by atoms with Crippen molar-refractivity contribution in [1.82, 2.24) is 9.55 Å². The summed E-state index contributed by atoms with van der Waals surface area (Å²) in [5, 5.41) is 5.47. The number of hydrogen-bond donors (Lipinski definition) is 1. The number of anilines is 1. The molecule has 2 aromatic heterocycles. The number of hydrogen-bond acceptors (Lipinski definition) is 3. The molecule has 5 heteroatoms. The van der Waals surface area contributed by atoms with Gasteiger partial charge in [0.05, 0.1) is 6.54 Å². The third-order valence-electron chi connectivity index (χ3n) is 2.57. The molecule has 2 rings (SSSR count). The highest BCUT2D eigenvalue weighted by atomic mass is 79.9. The monoisotopic (exact) mass is 313 g/mol. The van der Waals surface area contributed by atoms with Gasteiger partial charge in [0.25, 0.3) is 0 Å². The lowest BCUT2D eigenvalue weighted by Crippen LogP contribution is -2.06. The molecule has 0 amide bonds. The molecule has 0 atom stereocenters. The van der Waals surface area contributed by atoms with Crippen molar-refractivity contribution in [2.45, 2.75) is 32.9 Å². The van der Waals surface area contributed by atoms with Gasteiger partial charge in [-0.2, -0.15) is 0 Å². The number of halogens is 1. The summed E-state index contributed by atoms with van der Waals surface area (Å²) in [6.45, 7) is 4.05. The first-order chi connectivity index (χ1) is 8.31. The summed E-state index contributed by atoms with van der Waals surface area (Å²) < 4.78 is 3.34. The minimum absolute atomic E-state index is 0.821. The topological polar surface area (TPSA) is 29.9 Å². The first kappa shape index (κ1) is 12.6. The molecule has 3 nitrogen and oxygen atoms in total. The molecule has 0 spiro atoms. The molecule has 0 aliphatic rings. The Morgan fingerprint density at radius 2 is 2.41 bits per heavy atom. The molecule has 0 saturated heterocycles. The maximum atomic E-state index is 4.34. The quantitative estimate of drug-likeness (QED) is 0.869. The van der Waals surface area contributed by atoms with E-state index >= 15 is 0 Å². The maximum absolute atomic E-state index is 4.34. The van der Waals surface area contributed by atoms with E-state index in [-0.39, 0.29) is 0 Å². The molecule has 0 saturated carbocycles. The predicted octanol–water partition coefficient (Wildman–Crippen LogP) is 4.12. The number of nitrogens with one attached hydrogen (secondary N) is 1. The van der Waals surface area contributed by atoms with Crippen molar-refractivity contribution in [3.8, 4) is 0 Å². The van der Waals surface area contributed by atoms with E-state index in [4.69, 9.17) is 0 Å². The van der Waals surface area contributed by atoms with Crippen LogP contribution in [0.3, 0.4) is 0 Å². The highest BCUT2D eigenvalue weighted by Crippen LogP contribution is 2.23. The number of thiophene rings is 1. The van der Waals surface area contributed by atoms with Gasteiger partial charge in [-0.05, 0) is 33.8 Å². The zero-order valence-electron chi connectivity index (χ0n) is 9.82. The van der Waals surface area contributed by atoms with Crippen molar-refractivity contribution in [2.24, 2.45) is 0 Å². The van der Waals surface area contributed by atoms with Crippen LogP contribution < -0.4 is 5.32 Å². The Kier molecular flexibility index (Phi) is 4.62. The van der Waals surface area contributed by atoms with Gasteiger partial charge in [-0.3, -0.25) is 0 Å². The van der Waals surface area contributed by atoms with Crippen LogP contribution in [0.5, 0.6) is 0 Å². The van der Waals surface area contributed by atoms with Gasteiger partial charge in [-0.15, -0.1) is 11.3 Å².